The molecule has 0 radical (unpaired) electrons. The lowest BCUT2D eigenvalue weighted by Gasteiger charge is -2.42. The number of ether oxygens (including phenoxy) is 1. The zero-order chi connectivity index (χ0) is 21.0. The smallest absolute Gasteiger partial charge is 0.264 e. The average molecular weight is 443 g/mol. The number of hydrogen-bond acceptors (Lipinski definition) is 5. The van der Waals surface area contributed by atoms with Gasteiger partial charge in [0.1, 0.15) is 0 Å². The molecule has 0 bridgehead atoms. The molecular formula is C21H34N2O4S2. The Labute approximate surface area is 179 Å². The summed E-state index contributed by atoms with van der Waals surface area (Å²) >= 11 is 1.42. The number of rotatable bonds is 7. The van der Waals surface area contributed by atoms with Crippen molar-refractivity contribution < 1.29 is 17.9 Å². The summed E-state index contributed by atoms with van der Waals surface area (Å²) < 4.78 is 32.8. The number of carbonyl (C=O) groups is 1. The van der Waals surface area contributed by atoms with Crippen molar-refractivity contribution in [2.45, 2.75) is 70.6 Å². The van der Waals surface area contributed by atoms with E-state index < -0.39 is 10.0 Å². The van der Waals surface area contributed by atoms with Crippen LogP contribution in [0.5, 0.6) is 0 Å². The maximum Gasteiger partial charge on any atom is 0.264 e. The van der Waals surface area contributed by atoms with Crippen molar-refractivity contribution in [3.8, 4) is 0 Å². The van der Waals surface area contributed by atoms with Crippen LogP contribution in [0.4, 0.5) is 0 Å². The molecule has 1 N–H and O–H groups in total. The average Bonchev–Trinajstić information content (AvgIpc) is 3.20. The number of carbonyl (C=O) groups excluding carboxylic acids is 1. The number of thiophene rings is 1. The quantitative estimate of drug-likeness (QED) is 0.701. The summed E-state index contributed by atoms with van der Waals surface area (Å²) in [6.07, 6.45) is 7.31. The lowest BCUT2D eigenvalue weighted by molar-refractivity contribution is -0.0281. The van der Waals surface area contributed by atoms with Crippen LogP contribution in [0.25, 0.3) is 0 Å². The zero-order valence-corrected chi connectivity index (χ0v) is 19.3. The van der Waals surface area contributed by atoms with E-state index in [1.54, 1.807) is 0 Å². The number of likely N-dealkylation sites (tertiary alicyclic amines) is 1. The molecule has 0 aromatic carbocycles. The second kappa shape index (κ2) is 9.90. The first kappa shape index (κ1) is 22.7. The molecule has 2 fully saturated rings. The van der Waals surface area contributed by atoms with Crippen LogP contribution in [0.1, 0.15) is 62.0 Å². The van der Waals surface area contributed by atoms with Gasteiger partial charge in [-0.15, -0.1) is 11.3 Å². The molecule has 3 rings (SSSR count). The van der Waals surface area contributed by atoms with Gasteiger partial charge in [-0.1, -0.05) is 19.9 Å². The molecule has 2 heterocycles. The second-order valence-corrected chi connectivity index (χ2v) is 11.5. The zero-order valence-electron chi connectivity index (χ0n) is 17.7. The highest BCUT2D eigenvalue weighted by atomic mass is 32.2. The third-order valence-electron chi connectivity index (χ3n) is 6.30. The Morgan fingerprint density at radius 2 is 2.00 bits per heavy atom. The van der Waals surface area contributed by atoms with Gasteiger partial charge in [0.15, 0.2) is 0 Å². The Balaban J connectivity index is 1.68. The van der Waals surface area contributed by atoms with E-state index in [0.717, 1.165) is 31.6 Å². The molecule has 1 aliphatic carbocycles. The molecular weight excluding hydrogens is 408 g/mol. The van der Waals surface area contributed by atoms with E-state index in [1.165, 1.54) is 30.4 Å². The molecule has 2 aliphatic rings. The van der Waals surface area contributed by atoms with E-state index in [-0.39, 0.29) is 24.1 Å². The van der Waals surface area contributed by atoms with E-state index in [1.807, 2.05) is 22.4 Å². The normalized spacial score (nSPS) is 28.6. The molecule has 0 spiro atoms. The van der Waals surface area contributed by atoms with Crippen molar-refractivity contribution in [3.63, 3.8) is 0 Å². The van der Waals surface area contributed by atoms with Gasteiger partial charge in [0.2, 0.25) is 10.0 Å². The fourth-order valence-electron chi connectivity index (χ4n) is 4.63. The van der Waals surface area contributed by atoms with Crippen molar-refractivity contribution >= 4 is 27.3 Å². The van der Waals surface area contributed by atoms with Crippen LogP contribution in [-0.4, -0.2) is 56.8 Å². The van der Waals surface area contributed by atoms with Crippen molar-refractivity contribution in [2.24, 2.45) is 11.8 Å². The minimum Gasteiger partial charge on any atom is -0.376 e. The summed E-state index contributed by atoms with van der Waals surface area (Å²) in [6, 6.07) is 3.10. The lowest BCUT2D eigenvalue weighted by Crippen LogP contribution is -2.59. The van der Waals surface area contributed by atoms with Gasteiger partial charge in [0.25, 0.3) is 5.91 Å². The van der Waals surface area contributed by atoms with Gasteiger partial charge in [-0.25, -0.2) is 13.1 Å². The minimum absolute atomic E-state index is 0.0304. The molecule has 1 amide bonds. The van der Waals surface area contributed by atoms with Gasteiger partial charge in [0, 0.05) is 12.6 Å². The van der Waals surface area contributed by atoms with E-state index >= 15 is 0 Å². The highest BCUT2D eigenvalue weighted by molar-refractivity contribution is 7.88. The first-order valence-electron chi connectivity index (χ1n) is 10.7. The number of hydrogen-bond donors (Lipinski definition) is 1. The number of nitrogens with one attached hydrogen (secondary N) is 1. The summed E-state index contributed by atoms with van der Waals surface area (Å²) in [5.74, 6) is 1.44. The van der Waals surface area contributed by atoms with Gasteiger partial charge in [-0.2, -0.15) is 0 Å². The predicted molar refractivity (Wildman–Crippen MR) is 117 cm³/mol. The molecule has 2 atom stereocenters. The van der Waals surface area contributed by atoms with Crippen molar-refractivity contribution in [2.75, 3.05) is 19.4 Å². The molecule has 164 valence electrons. The highest BCUT2D eigenvalue weighted by Gasteiger charge is 2.37. The van der Waals surface area contributed by atoms with Gasteiger partial charge in [-0.05, 0) is 61.8 Å². The van der Waals surface area contributed by atoms with Gasteiger partial charge in [0.05, 0.1) is 29.9 Å². The van der Waals surface area contributed by atoms with E-state index in [0.29, 0.717) is 23.9 Å². The van der Waals surface area contributed by atoms with Crippen molar-refractivity contribution in [1.82, 2.24) is 9.62 Å². The Kier molecular flexibility index (Phi) is 7.75. The van der Waals surface area contributed by atoms with Gasteiger partial charge in [-0.3, -0.25) is 4.79 Å². The summed E-state index contributed by atoms with van der Waals surface area (Å²) in [7, 11) is -3.36. The fourth-order valence-corrected chi connectivity index (χ4v) is 6.13. The number of piperidine rings is 1. The Morgan fingerprint density at radius 3 is 2.59 bits per heavy atom. The molecule has 1 aromatic heterocycles. The maximum absolute atomic E-state index is 13.1. The first-order valence-corrected chi connectivity index (χ1v) is 13.4. The van der Waals surface area contributed by atoms with E-state index in [4.69, 9.17) is 4.74 Å². The van der Waals surface area contributed by atoms with Gasteiger partial charge >= 0.3 is 0 Å². The molecule has 1 aliphatic heterocycles. The SMILES string of the molecule is CC(C)C1CCC(OC[C@H]2[C@@H](NS(C)(=O)=O)CCCN2C(=O)c2cccs2)CC1. The maximum atomic E-state index is 13.1. The highest BCUT2D eigenvalue weighted by Crippen LogP contribution is 2.32. The summed E-state index contributed by atoms with van der Waals surface area (Å²) in [4.78, 5) is 15.6. The number of amides is 1. The van der Waals surface area contributed by atoms with Crippen LogP contribution in [0.3, 0.4) is 0 Å². The Bertz CT molecular complexity index is 756. The second-order valence-electron chi connectivity index (χ2n) is 8.80. The summed E-state index contributed by atoms with van der Waals surface area (Å²) in [5, 5.41) is 1.89. The molecule has 0 unspecified atom stereocenters. The summed E-state index contributed by atoms with van der Waals surface area (Å²) in [6.45, 7) is 5.57. The molecule has 1 saturated heterocycles. The predicted octanol–water partition coefficient (Wildman–Crippen LogP) is 3.50. The molecule has 1 saturated carbocycles. The molecule has 1 aromatic rings. The van der Waals surface area contributed by atoms with Crippen LogP contribution in [0.2, 0.25) is 0 Å². The van der Waals surface area contributed by atoms with Crippen LogP contribution < -0.4 is 4.72 Å². The molecule has 6 nitrogen and oxygen atoms in total. The van der Waals surface area contributed by atoms with Crippen LogP contribution in [0.15, 0.2) is 17.5 Å². The van der Waals surface area contributed by atoms with Crippen LogP contribution >= 0.6 is 11.3 Å². The summed E-state index contributed by atoms with van der Waals surface area (Å²) in [5.41, 5.74) is 0. The van der Waals surface area contributed by atoms with Crippen LogP contribution in [0, 0.1) is 11.8 Å². The third-order valence-corrected chi connectivity index (χ3v) is 7.89. The van der Waals surface area contributed by atoms with Crippen molar-refractivity contribution in [3.05, 3.63) is 22.4 Å². The monoisotopic (exact) mass is 442 g/mol. The van der Waals surface area contributed by atoms with Crippen LogP contribution in [-0.2, 0) is 14.8 Å². The van der Waals surface area contributed by atoms with Gasteiger partial charge < -0.3 is 9.64 Å². The first-order chi connectivity index (χ1) is 13.7. The fraction of sp³-hybridized carbons (Fsp3) is 0.762. The van der Waals surface area contributed by atoms with E-state index in [2.05, 4.69) is 18.6 Å². The number of sulfonamides is 1. The standard InChI is InChI=1S/C21H34N2O4S2/c1-15(2)16-8-10-17(11-9-16)27-14-19-18(22-29(3,25)26)6-4-12-23(19)21(24)20-7-5-13-28-20/h5,7,13,15-19,22H,4,6,8-12,14H2,1-3H3/t16?,17?,18-,19-/m0/s1. The topological polar surface area (TPSA) is 75.7 Å². The van der Waals surface area contributed by atoms with E-state index in [9.17, 15) is 13.2 Å². The van der Waals surface area contributed by atoms with Crippen molar-refractivity contribution in [1.29, 1.82) is 0 Å². The molecule has 8 heteroatoms. The molecule has 29 heavy (non-hydrogen) atoms. The lowest BCUT2D eigenvalue weighted by atomic mass is 9.80. The Morgan fingerprint density at radius 1 is 1.28 bits per heavy atom. The minimum atomic E-state index is -3.36. The number of nitrogens with zero attached hydrogens (tertiary/aromatic N) is 1. The third kappa shape index (κ3) is 6.26. The Hall–Kier alpha value is -0.960. The largest absolute Gasteiger partial charge is 0.376 e.